The second-order valence-corrected chi connectivity index (χ2v) is 2.79. The molecule has 0 atom stereocenters. The smallest absolute Gasteiger partial charge is 0.318 e. The number of phenolic OH excluding ortho intramolecular Hbond substituents is 1. The largest absolute Gasteiger partial charge is 0.502 e. The number of hydrogen-bond donors (Lipinski definition) is 1. The van der Waals surface area contributed by atoms with Crippen LogP contribution in [0.5, 0.6) is 5.75 Å². The molecule has 78 valence electrons. The molecule has 0 amide bonds. The van der Waals surface area contributed by atoms with Crippen molar-refractivity contribution >= 4 is 33.4 Å². The highest BCUT2D eigenvalue weighted by molar-refractivity contribution is 8.93. The second-order valence-electron chi connectivity index (χ2n) is 2.79. The average molecular weight is 271 g/mol. The lowest BCUT2D eigenvalue weighted by atomic mass is 10.1. The molecule has 1 aromatic carbocycles. The molecule has 6 heteroatoms. The van der Waals surface area contributed by atoms with Gasteiger partial charge in [-0.3, -0.25) is 15.1 Å². The summed E-state index contributed by atoms with van der Waals surface area (Å²) < 4.78 is 0. The number of pyridine rings is 1. The summed E-state index contributed by atoms with van der Waals surface area (Å²) in [5.41, 5.74) is -0.273. The number of nitro benzene ring substituents is 1. The third kappa shape index (κ3) is 1.89. The summed E-state index contributed by atoms with van der Waals surface area (Å²) in [6, 6.07) is 4.39. The van der Waals surface area contributed by atoms with E-state index in [0.29, 0.717) is 10.8 Å². The van der Waals surface area contributed by atoms with Gasteiger partial charge in [-0.05, 0) is 18.2 Å². The fourth-order valence-electron chi connectivity index (χ4n) is 1.33. The Morgan fingerprint density at radius 1 is 1.33 bits per heavy atom. The summed E-state index contributed by atoms with van der Waals surface area (Å²) in [4.78, 5) is 13.9. The van der Waals surface area contributed by atoms with Crippen LogP contribution in [0.4, 0.5) is 5.69 Å². The molecule has 15 heavy (non-hydrogen) atoms. The van der Waals surface area contributed by atoms with Gasteiger partial charge < -0.3 is 5.11 Å². The van der Waals surface area contributed by atoms with E-state index in [2.05, 4.69) is 4.98 Å². The Bertz CT molecular complexity index is 516. The first-order chi connectivity index (χ1) is 6.70. The van der Waals surface area contributed by atoms with Crippen molar-refractivity contribution in [1.82, 2.24) is 4.98 Å². The number of benzene rings is 1. The molecule has 0 radical (unpaired) electrons. The standard InChI is InChI=1S/C9H6N2O3.BrH/c12-8-2-1-6-5-10-4-3-7(6)9(8)11(13)14;/h1-5,12H;1H. The fourth-order valence-corrected chi connectivity index (χ4v) is 1.33. The van der Waals surface area contributed by atoms with Gasteiger partial charge >= 0.3 is 5.69 Å². The first kappa shape index (κ1) is 11.4. The molecule has 0 fully saturated rings. The van der Waals surface area contributed by atoms with E-state index in [1.165, 1.54) is 24.5 Å². The normalized spacial score (nSPS) is 9.60. The van der Waals surface area contributed by atoms with Gasteiger partial charge in [0.05, 0.1) is 10.3 Å². The van der Waals surface area contributed by atoms with E-state index in [4.69, 9.17) is 0 Å². The Kier molecular flexibility index (Phi) is 3.21. The molecule has 0 aliphatic rings. The molecule has 5 nitrogen and oxygen atoms in total. The predicted molar refractivity (Wildman–Crippen MR) is 60.4 cm³/mol. The van der Waals surface area contributed by atoms with E-state index in [-0.39, 0.29) is 28.4 Å². The molecule has 1 aromatic heterocycles. The average Bonchev–Trinajstić information content (AvgIpc) is 2.17. The number of halogens is 1. The van der Waals surface area contributed by atoms with Crippen LogP contribution in [0, 0.1) is 10.1 Å². The van der Waals surface area contributed by atoms with Gasteiger partial charge in [0.1, 0.15) is 0 Å². The maximum absolute atomic E-state index is 10.7. The van der Waals surface area contributed by atoms with Crippen molar-refractivity contribution in [2.45, 2.75) is 0 Å². The second kappa shape index (κ2) is 4.22. The van der Waals surface area contributed by atoms with Crippen molar-refractivity contribution < 1.29 is 10.0 Å². The van der Waals surface area contributed by atoms with Crippen LogP contribution in [-0.2, 0) is 0 Å². The van der Waals surface area contributed by atoms with Gasteiger partial charge in [0.25, 0.3) is 0 Å². The highest BCUT2D eigenvalue weighted by atomic mass is 79.9. The first-order valence-corrected chi connectivity index (χ1v) is 3.90. The fraction of sp³-hybridized carbons (Fsp3) is 0. The zero-order valence-electron chi connectivity index (χ0n) is 7.45. The number of nitrogens with zero attached hydrogens (tertiary/aromatic N) is 2. The van der Waals surface area contributed by atoms with Crippen LogP contribution in [-0.4, -0.2) is 15.0 Å². The van der Waals surface area contributed by atoms with Crippen LogP contribution in [0.1, 0.15) is 0 Å². The van der Waals surface area contributed by atoms with Gasteiger partial charge in [-0.15, -0.1) is 17.0 Å². The minimum atomic E-state index is -0.600. The molecule has 1 N–H and O–H groups in total. The summed E-state index contributed by atoms with van der Waals surface area (Å²) in [5.74, 6) is -0.325. The highest BCUT2D eigenvalue weighted by Gasteiger charge is 2.17. The number of aromatic nitrogens is 1. The Morgan fingerprint density at radius 3 is 2.73 bits per heavy atom. The van der Waals surface area contributed by atoms with E-state index in [1.807, 2.05) is 0 Å². The molecular formula is C9H7BrN2O3. The van der Waals surface area contributed by atoms with Gasteiger partial charge in [-0.1, -0.05) is 0 Å². The molecular weight excluding hydrogens is 264 g/mol. The lowest BCUT2D eigenvalue weighted by molar-refractivity contribution is -0.384. The van der Waals surface area contributed by atoms with E-state index >= 15 is 0 Å². The summed E-state index contributed by atoms with van der Waals surface area (Å²) in [6.07, 6.45) is 2.97. The zero-order valence-corrected chi connectivity index (χ0v) is 9.17. The van der Waals surface area contributed by atoms with E-state index in [0.717, 1.165) is 0 Å². The summed E-state index contributed by atoms with van der Waals surface area (Å²) in [5, 5.41) is 21.0. The van der Waals surface area contributed by atoms with Crippen LogP contribution < -0.4 is 0 Å². The summed E-state index contributed by atoms with van der Waals surface area (Å²) in [7, 11) is 0. The van der Waals surface area contributed by atoms with Crippen molar-refractivity contribution in [3.05, 3.63) is 40.7 Å². The molecule has 0 unspecified atom stereocenters. The third-order valence-electron chi connectivity index (χ3n) is 1.95. The molecule has 0 saturated heterocycles. The molecule has 1 heterocycles. The van der Waals surface area contributed by atoms with E-state index in [9.17, 15) is 15.2 Å². The van der Waals surface area contributed by atoms with Crippen LogP contribution in [0.2, 0.25) is 0 Å². The van der Waals surface area contributed by atoms with Gasteiger partial charge in [0, 0.05) is 17.8 Å². The molecule has 2 rings (SSSR count). The maximum atomic E-state index is 10.7. The molecule has 0 aliphatic carbocycles. The van der Waals surface area contributed by atoms with Crippen LogP contribution in [0.25, 0.3) is 10.8 Å². The lowest BCUT2D eigenvalue weighted by Crippen LogP contribution is -1.90. The Labute approximate surface area is 95.3 Å². The van der Waals surface area contributed by atoms with Crippen LogP contribution in [0.15, 0.2) is 30.6 Å². The number of phenols is 1. The highest BCUT2D eigenvalue weighted by Crippen LogP contribution is 2.33. The van der Waals surface area contributed by atoms with Crippen LogP contribution >= 0.6 is 17.0 Å². The summed E-state index contributed by atoms with van der Waals surface area (Å²) >= 11 is 0. The van der Waals surface area contributed by atoms with Gasteiger partial charge in [-0.2, -0.15) is 0 Å². The molecule has 0 spiro atoms. The van der Waals surface area contributed by atoms with E-state index < -0.39 is 4.92 Å². The number of hydrogen-bond acceptors (Lipinski definition) is 4. The lowest BCUT2D eigenvalue weighted by Gasteiger charge is -1.99. The molecule has 0 saturated carbocycles. The minimum Gasteiger partial charge on any atom is -0.502 e. The van der Waals surface area contributed by atoms with Gasteiger partial charge in [0.15, 0.2) is 5.75 Å². The Balaban J connectivity index is 0.00000112. The van der Waals surface area contributed by atoms with Crippen LogP contribution in [0.3, 0.4) is 0 Å². The summed E-state index contributed by atoms with van der Waals surface area (Å²) in [6.45, 7) is 0. The topological polar surface area (TPSA) is 76.3 Å². The minimum absolute atomic E-state index is 0. The number of rotatable bonds is 1. The SMILES string of the molecule is Br.O=[N+]([O-])c1c(O)ccc2cnccc12. The molecule has 2 aromatic rings. The number of aromatic hydroxyl groups is 1. The van der Waals surface area contributed by atoms with Crippen molar-refractivity contribution in [2.75, 3.05) is 0 Å². The molecule has 0 aliphatic heterocycles. The zero-order chi connectivity index (χ0) is 10.1. The van der Waals surface area contributed by atoms with Gasteiger partial charge in [-0.25, -0.2) is 0 Å². The van der Waals surface area contributed by atoms with Gasteiger partial charge in [0.2, 0.25) is 0 Å². The Morgan fingerprint density at radius 2 is 2.07 bits per heavy atom. The van der Waals surface area contributed by atoms with Crippen molar-refractivity contribution in [2.24, 2.45) is 0 Å². The van der Waals surface area contributed by atoms with Crippen molar-refractivity contribution in [3.63, 3.8) is 0 Å². The maximum Gasteiger partial charge on any atom is 0.318 e. The third-order valence-corrected chi connectivity index (χ3v) is 1.95. The molecule has 0 bridgehead atoms. The Hall–Kier alpha value is -1.69. The monoisotopic (exact) mass is 270 g/mol. The first-order valence-electron chi connectivity index (χ1n) is 3.90. The predicted octanol–water partition coefficient (Wildman–Crippen LogP) is 2.43. The van der Waals surface area contributed by atoms with Crippen molar-refractivity contribution in [1.29, 1.82) is 0 Å². The number of fused-ring (bicyclic) bond motifs is 1. The van der Waals surface area contributed by atoms with E-state index in [1.54, 1.807) is 6.07 Å². The number of nitro groups is 1. The van der Waals surface area contributed by atoms with Crippen molar-refractivity contribution in [3.8, 4) is 5.75 Å². The quantitative estimate of drug-likeness (QED) is 0.638.